The van der Waals surface area contributed by atoms with E-state index in [1.807, 2.05) is 6.92 Å². The Balaban J connectivity index is 2.82. The van der Waals surface area contributed by atoms with Crippen LogP contribution < -0.4 is 0 Å². The zero-order valence-electron chi connectivity index (χ0n) is 5.14. The third-order valence-corrected chi connectivity index (χ3v) is 0.576. The van der Waals surface area contributed by atoms with Gasteiger partial charge in [0, 0.05) is 0 Å². The summed E-state index contributed by atoms with van der Waals surface area (Å²) < 4.78 is 4.83. The Kier molecular flexibility index (Phi) is 4.61. The molecule has 2 nitrogen and oxygen atoms in total. The van der Waals surface area contributed by atoms with Crippen LogP contribution in [0.3, 0.4) is 0 Å². The minimum Gasteiger partial charge on any atom is -0.375 e. The standard InChI is InChI=1S/C6H11O2/c1-6(2)5-8-4-3-7/h1,3-5H2,2H3. The second kappa shape index (κ2) is 4.81. The molecule has 0 saturated heterocycles. The highest BCUT2D eigenvalue weighted by Crippen LogP contribution is 1.85. The van der Waals surface area contributed by atoms with Crippen LogP contribution >= 0.6 is 0 Å². The molecule has 0 amide bonds. The van der Waals surface area contributed by atoms with Gasteiger partial charge in [0.15, 0.2) is 0 Å². The van der Waals surface area contributed by atoms with Crippen molar-refractivity contribution in [2.24, 2.45) is 0 Å². The molecule has 0 aromatic heterocycles. The van der Waals surface area contributed by atoms with E-state index in [0.29, 0.717) is 13.2 Å². The van der Waals surface area contributed by atoms with Gasteiger partial charge in [0.25, 0.3) is 0 Å². The van der Waals surface area contributed by atoms with Gasteiger partial charge in [-0.1, -0.05) is 12.2 Å². The van der Waals surface area contributed by atoms with Crippen LogP contribution in [0.25, 0.3) is 0 Å². The molecule has 0 atom stereocenters. The summed E-state index contributed by atoms with van der Waals surface area (Å²) in [6.45, 7) is 6.12. The zero-order valence-corrected chi connectivity index (χ0v) is 5.14. The molecular weight excluding hydrogens is 104 g/mol. The summed E-state index contributed by atoms with van der Waals surface area (Å²) >= 11 is 0. The van der Waals surface area contributed by atoms with Gasteiger partial charge in [-0.25, -0.2) is 5.11 Å². The summed E-state index contributed by atoms with van der Waals surface area (Å²) in [7, 11) is 0. The lowest BCUT2D eigenvalue weighted by atomic mass is 10.4. The van der Waals surface area contributed by atoms with E-state index >= 15 is 0 Å². The van der Waals surface area contributed by atoms with Crippen molar-refractivity contribution in [1.82, 2.24) is 0 Å². The smallest absolute Gasteiger partial charge is 0.106 e. The van der Waals surface area contributed by atoms with Crippen LogP contribution in [0.1, 0.15) is 6.92 Å². The van der Waals surface area contributed by atoms with Crippen molar-refractivity contribution in [3.05, 3.63) is 12.2 Å². The minimum absolute atomic E-state index is 0.159. The molecule has 0 unspecified atom stereocenters. The lowest BCUT2D eigenvalue weighted by Gasteiger charge is -1.97. The average Bonchev–Trinajstić information content (AvgIpc) is 1.66. The first-order chi connectivity index (χ1) is 3.77. The maximum absolute atomic E-state index is 9.76. The third kappa shape index (κ3) is 5.66. The Morgan fingerprint density at radius 1 is 1.75 bits per heavy atom. The molecule has 0 fully saturated rings. The summed E-state index contributed by atoms with van der Waals surface area (Å²) in [5.74, 6) is 0. The Labute approximate surface area is 49.8 Å². The zero-order chi connectivity index (χ0) is 6.41. The summed E-state index contributed by atoms with van der Waals surface area (Å²) in [6, 6.07) is 0. The fourth-order valence-corrected chi connectivity index (χ4v) is 0.305. The Morgan fingerprint density at radius 3 is 2.75 bits per heavy atom. The molecule has 0 aliphatic rings. The molecular formula is C6H11O2. The van der Waals surface area contributed by atoms with E-state index in [1.165, 1.54) is 0 Å². The van der Waals surface area contributed by atoms with Crippen molar-refractivity contribution >= 4 is 0 Å². The molecule has 0 aromatic rings. The molecule has 0 spiro atoms. The Hall–Kier alpha value is -0.340. The molecule has 0 bridgehead atoms. The molecule has 0 saturated carbocycles. The van der Waals surface area contributed by atoms with E-state index in [-0.39, 0.29) is 6.61 Å². The molecule has 0 aromatic carbocycles. The Morgan fingerprint density at radius 2 is 2.38 bits per heavy atom. The van der Waals surface area contributed by atoms with Gasteiger partial charge in [-0.05, 0) is 6.92 Å². The van der Waals surface area contributed by atoms with Gasteiger partial charge in [-0.3, -0.25) is 0 Å². The highest BCUT2D eigenvalue weighted by atomic mass is 16.5. The van der Waals surface area contributed by atoms with Crippen LogP contribution in [0.4, 0.5) is 0 Å². The molecule has 0 aliphatic heterocycles. The van der Waals surface area contributed by atoms with E-state index in [0.717, 1.165) is 5.57 Å². The van der Waals surface area contributed by atoms with E-state index in [2.05, 4.69) is 6.58 Å². The van der Waals surface area contributed by atoms with E-state index in [9.17, 15) is 5.11 Å². The number of ether oxygens (including phenoxy) is 1. The molecule has 8 heavy (non-hydrogen) atoms. The first-order valence-electron chi connectivity index (χ1n) is 2.57. The quantitative estimate of drug-likeness (QED) is 0.397. The van der Waals surface area contributed by atoms with Crippen molar-refractivity contribution < 1.29 is 9.84 Å². The lowest BCUT2D eigenvalue weighted by Crippen LogP contribution is -1.99. The van der Waals surface area contributed by atoms with Crippen LogP contribution in [0, 0.1) is 0 Å². The highest BCUT2D eigenvalue weighted by molar-refractivity contribution is 4.87. The first-order valence-corrected chi connectivity index (χ1v) is 2.57. The number of hydrogen-bond donors (Lipinski definition) is 0. The van der Waals surface area contributed by atoms with Gasteiger partial charge in [-0.2, -0.15) is 0 Å². The summed E-state index contributed by atoms with van der Waals surface area (Å²) in [6.07, 6.45) is 0. The molecule has 0 rings (SSSR count). The molecule has 1 radical (unpaired) electrons. The van der Waals surface area contributed by atoms with Gasteiger partial charge in [-0.15, -0.1) is 0 Å². The molecule has 0 N–H and O–H groups in total. The van der Waals surface area contributed by atoms with Gasteiger partial charge < -0.3 is 4.74 Å². The van der Waals surface area contributed by atoms with Crippen LogP contribution in [-0.2, 0) is 9.84 Å². The summed E-state index contributed by atoms with van der Waals surface area (Å²) in [4.78, 5) is 0. The largest absolute Gasteiger partial charge is 0.375 e. The van der Waals surface area contributed by atoms with E-state index in [4.69, 9.17) is 4.74 Å². The second-order valence-electron chi connectivity index (χ2n) is 1.71. The van der Waals surface area contributed by atoms with E-state index < -0.39 is 0 Å². The highest BCUT2D eigenvalue weighted by Gasteiger charge is 1.84. The maximum atomic E-state index is 9.76. The van der Waals surface area contributed by atoms with Crippen molar-refractivity contribution in [2.75, 3.05) is 19.8 Å². The normalized spacial score (nSPS) is 9.25. The van der Waals surface area contributed by atoms with Crippen molar-refractivity contribution in [3.8, 4) is 0 Å². The summed E-state index contributed by atoms with van der Waals surface area (Å²) in [5.41, 5.74) is 0.957. The third-order valence-electron chi connectivity index (χ3n) is 0.576. The monoisotopic (exact) mass is 115 g/mol. The summed E-state index contributed by atoms with van der Waals surface area (Å²) in [5, 5.41) is 9.76. The first kappa shape index (κ1) is 7.66. The fraction of sp³-hybridized carbons (Fsp3) is 0.667. The van der Waals surface area contributed by atoms with Crippen LogP contribution in [0.2, 0.25) is 0 Å². The molecule has 47 valence electrons. The van der Waals surface area contributed by atoms with Gasteiger partial charge in [0.05, 0.1) is 13.2 Å². The van der Waals surface area contributed by atoms with Gasteiger partial charge >= 0.3 is 0 Å². The van der Waals surface area contributed by atoms with Crippen molar-refractivity contribution in [1.29, 1.82) is 0 Å². The average molecular weight is 115 g/mol. The Bertz CT molecular complexity index is 68.9. The topological polar surface area (TPSA) is 29.1 Å². The minimum atomic E-state index is -0.159. The van der Waals surface area contributed by atoms with Crippen LogP contribution in [0.15, 0.2) is 12.2 Å². The lowest BCUT2D eigenvalue weighted by molar-refractivity contribution is 0.0752. The van der Waals surface area contributed by atoms with Crippen LogP contribution in [-0.4, -0.2) is 19.8 Å². The van der Waals surface area contributed by atoms with Crippen molar-refractivity contribution in [2.45, 2.75) is 6.92 Å². The van der Waals surface area contributed by atoms with Crippen LogP contribution in [0.5, 0.6) is 0 Å². The fourth-order valence-electron chi connectivity index (χ4n) is 0.305. The molecule has 2 heteroatoms. The van der Waals surface area contributed by atoms with Gasteiger partial charge in [0.1, 0.15) is 6.61 Å². The SMILES string of the molecule is C=C(C)COCC[O]. The number of hydrogen-bond acceptors (Lipinski definition) is 1. The van der Waals surface area contributed by atoms with E-state index in [1.54, 1.807) is 0 Å². The van der Waals surface area contributed by atoms with Crippen molar-refractivity contribution in [3.63, 3.8) is 0 Å². The molecule has 0 aliphatic carbocycles. The van der Waals surface area contributed by atoms with Gasteiger partial charge in [0.2, 0.25) is 0 Å². The maximum Gasteiger partial charge on any atom is 0.106 e. The predicted octanol–water partition coefficient (Wildman–Crippen LogP) is 1.01. The molecule has 0 heterocycles. The predicted molar refractivity (Wildman–Crippen MR) is 31.2 cm³/mol. The second-order valence-corrected chi connectivity index (χ2v) is 1.71. The number of rotatable bonds is 4.